The smallest absolute Gasteiger partial charge is 0.377 e. The van der Waals surface area contributed by atoms with Crippen molar-refractivity contribution < 1.29 is 31.9 Å². The molecule has 1 rings (SSSR count). The molecule has 1 aliphatic heterocycles. The zero-order chi connectivity index (χ0) is 20.3. The van der Waals surface area contributed by atoms with Gasteiger partial charge in [-0.25, -0.2) is 4.39 Å². The van der Waals surface area contributed by atoms with Crippen LogP contribution < -0.4 is 10.6 Å². The van der Waals surface area contributed by atoms with E-state index in [0.717, 1.165) is 0 Å². The number of alkyl halides is 4. The third kappa shape index (κ3) is 6.10. The lowest BCUT2D eigenvalue weighted by Gasteiger charge is -2.33. The van der Waals surface area contributed by atoms with Crippen molar-refractivity contribution in [2.45, 2.75) is 65.5 Å². The van der Waals surface area contributed by atoms with Crippen LogP contribution in [0.25, 0.3) is 0 Å². The maximum atomic E-state index is 13.1. The molecule has 0 aromatic heterocycles. The van der Waals surface area contributed by atoms with Gasteiger partial charge in [-0.05, 0) is 17.8 Å². The second-order valence-electron chi connectivity index (χ2n) is 8.05. The number of ether oxygens (including phenoxy) is 1. The molecular formula is C17H28F4N2O3. The van der Waals surface area contributed by atoms with Crippen molar-refractivity contribution in [3.8, 4) is 0 Å². The summed E-state index contributed by atoms with van der Waals surface area (Å²) >= 11 is 0. The largest absolute Gasteiger partial charge is 0.428 e. The molecule has 0 aliphatic carbocycles. The van der Waals surface area contributed by atoms with E-state index in [1.165, 1.54) is 0 Å². The van der Waals surface area contributed by atoms with Gasteiger partial charge in [-0.2, -0.15) is 13.2 Å². The molecule has 1 fully saturated rings. The average Bonchev–Trinajstić information content (AvgIpc) is 2.97. The van der Waals surface area contributed by atoms with Gasteiger partial charge >= 0.3 is 6.18 Å². The van der Waals surface area contributed by atoms with E-state index in [-0.39, 0.29) is 30.4 Å². The van der Waals surface area contributed by atoms with E-state index in [1.807, 2.05) is 19.2 Å². The van der Waals surface area contributed by atoms with Crippen LogP contribution in [0, 0.1) is 17.3 Å². The molecule has 5 nitrogen and oxygen atoms in total. The second-order valence-corrected chi connectivity index (χ2v) is 8.05. The summed E-state index contributed by atoms with van der Waals surface area (Å²) in [5, 5.41) is 4.73. The summed E-state index contributed by atoms with van der Waals surface area (Å²) in [6, 6.07) is -0.659. The number of carbonyl (C=O) groups is 2. The Morgan fingerprint density at radius 1 is 1.19 bits per heavy atom. The first-order valence-corrected chi connectivity index (χ1v) is 8.65. The fourth-order valence-corrected chi connectivity index (χ4v) is 2.84. The molecule has 0 aromatic carbocycles. The highest BCUT2D eigenvalue weighted by molar-refractivity contribution is 5.82. The zero-order valence-corrected chi connectivity index (χ0v) is 15.7. The molecule has 4 unspecified atom stereocenters. The van der Waals surface area contributed by atoms with E-state index in [0.29, 0.717) is 13.0 Å². The number of carbonyl (C=O) groups excluding carboxylic acids is 2. The Bertz CT molecular complexity index is 503. The third-order valence-corrected chi connectivity index (χ3v) is 4.49. The topological polar surface area (TPSA) is 67.4 Å². The first-order chi connectivity index (χ1) is 11.7. The number of nitrogens with one attached hydrogen (secondary N) is 2. The van der Waals surface area contributed by atoms with Crippen molar-refractivity contribution in [1.29, 1.82) is 0 Å². The zero-order valence-electron chi connectivity index (χ0n) is 15.7. The number of amides is 2. The van der Waals surface area contributed by atoms with E-state index in [4.69, 9.17) is 4.74 Å². The predicted octanol–water partition coefficient (Wildman–Crippen LogP) is 2.60. The van der Waals surface area contributed by atoms with Crippen LogP contribution in [0.2, 0.25) is 0 Å². The summed E-state index contributed by atoms with van der Waals surface area (Å²) < 4.78 is 55.4. The van der Waals surface area contributed by atoms with Crippen molar-refractivity contribution in [1.82, 2.24) is 10.6 Å². The van der Waals surface area contributed by atoms with Gasteiger partial charge in [-0.15, -0.1) is 0 Å². The van der Waals surface area contributed by atoms with Crippen LogP contribution in [0.1, 0.15) is 41.0 Å². The van der Waals surface area contributed by atoms with Gasteiger partial charge in [0.25, 0.3) is 12.1 Å². The van der Waals surface area contributed by atoms with E-state index < -0.39 is 29.7 Å². The van der Waals surface area contributed by atoms with Gasteiger partial charge in [-0.3, -0.25) is 9.59 Å². The van der Waals surface area contributed by atoms with E-state index in [9.17, 15) is 27.2 Å². The lowest BCUT2D eigenvalue weighted by Crippen LogP contribution is -2.54. The Hall–Kier alpha value is -1.38. The fraction of sp³-hybridized carbons (Fsp3) is 0.882. The van der Waals surface area contributed by atoms with Gasteiger partial charge in [0.15, 0.2) is 0 Å². The lowest BCUT2D eigenvalue weighted by molar-refractivity contribution is -0.187. The standard InChI is InChI=1S/C17H28F4N2O3/c1-9(2)12-10(6-7-26-12)14(24)23-11(16(3,4)5)8-22-15(25)13(18)17(19,20)21/h9-13H,6-8H2,1-5H3,(H,22,25)(H,23,24). The van der Waals surface area contributed by atoms with Crippen LogP contribution in [0.4, 0.5) is 17.6 Å². The number of hydrogen-bond acceptors (Lipinski definition) is 3. The van der Waals surface area contributed by atoms with Gasteiger partial charge < -0.3 is 15.4 Å². The van der Waals surface area contributed by atoms with Crippen LogP contribution in [-0.2, 0) is 14.3 Å². The molecule has 2 amide bonds. The molecule has 9 heteroatoms. The van der Waals surface area contributed by atoms with Crippen LogP contribution in [-0.4, -0.2) is 49.5 Å². The summed E-state index contributed by atoms with van der Waals surface area (Å²) in [5.74, 6) is -2.26. The maximum absolute atomic E-state index is 13.1. The highest BCUT2D eigenvalue weighted by atomic mass is 19.4. The molecule has 0 spiro atoms. The first kappa shape index (κ1) is 22.7. The Kier molecular flexibility index (Phi) is 7.44. The maximum Gasteiger partial charge on any atom is 0.428 e. The molecule has 0 saturated carbocycles. The van der Waals surface area contributed by atoms with Crippen molar-refractivity contribution in [3.05, 3.63) is 0 Å². The number of hydrogen-bond donors (Lipinski definition) is 2. The summed E-state index contributed by atoms with van der Waals surface area (Å²) in [4.78, 5) is 24.0. The molecule has 1 aliphatic rings. The molecule has 4 atom stereocenters. The fourth-order valence-electron chi connectivity index (χ4n) is 2.84. The Labute approximate surface area is 151 Å². The first-order valence-electron chi connectivity index (χ1n) is 8.65. The molecule has 152 valence electrons. The summed E-state index contributed by atoms with van der Waals surface area (Å²) in [6.45, 7) is 9.35. The normalized spacial score (nSPS) is 23.6. The SMILES string of the molecule is CC(C)C1OCCC1C(=O)NC(CNC(=O)C(F)C(F)(F)F)C(C)(C)C. The highest BCUT2D eigenvalue weighted by Crippen LogP contribution is 2.28. The van der Waals surface area contributed by atoms with E-state index in [1.54, 1.807) is 20.8 Å². The number of rotatable bonds is 6. The molecule has 1 heterocycles. The minimum atomic E-state index is -5.25. The molecule has 0 radical (unpaired) electrons. The van der Waals surface area contributed by atoms with E-state index >= 15 is 0 Å². The molecule has 0 bridgehead atoms. The Morgan fingerprint density at radius 3 is 2.23 bits per heavy atom. The van der Waals surface area contributed by atoms with Crippen molar-refractivity contribution in [3.63, 3.8) is 0 Å². The van der Waals surface area contributed by atoms with Crippen molar-refractivity contribution in [2.75, 3.05) is 13.2 Å². The second kappa shape index (κ2) is 8.54. The molecule has 26 heavy (non-hydrogen) atoms. The Morgan fingerprint density at radius 2 is 1.77 bits per heavy atom. The third-order valence-electron chi connectivity index (χ3n) is 4.49. The number of halogens is 4. The highest BCUT2D eigenvalue weighted by Gasteiger charge is 2.46. The quantitative estimate of drug-likeness (QED) is 0.692. The molecule has 1 saturated heterocycles. The molecule has 2 N–H and O–H groups in total. The van der Waals surface area contributed by atoms with Gasteiger partial charge in [0.1, 0.15) is 0 Å². The predicted molar refractivity (Wildman–Crippen MR) is 88.0 cm³/mol. The van der Waals surface area contributed by atoms with Crippen LogP contribution in [0.3, 0.4) is 0 Å². The van der Waals surface area contributed by atoms with Crippen molar-refractivity contribution in [2.24, 2.45) is 17.3 Å². The average molecular weight is 384 g/mol. The summed E-state index contributed by atoms with van der Waals surface area (Å²) in [7, 11) is 0. The monoisotopic (exact) mass is 384 g/mol. The molecule has 0 aromatic rings. The summed E-state index contributed by atoms with van der Waals surface area (Å²) in [6.07, 6.45) is -8.52. The van der Waals surface area contributed by atoms with E-state index in [2.05, 4.69) is 5.32 Å². The van der Waals surface area contributed by atoms with Crippen LogP contribution in [0.15, 0.2) is 0 Å². The minimum absolute atomic E-state index is 0.139. The molecular weight excluding hydrogens is 356 g/mol. The van der Waals surface area contributed by atoms with Crippen LogP contribution in [0.5, 0.6) is 0 Å². The van der Waals surface area contributed by atoms with Crippen molar-refractivity contribution >= 4 is 11.8 Å². The van der Waals surface area contributed by atoms with Crippen LogP contribution >= 0.6 is 0 Å². The van der Waals surface area contributed by atoms with Gasteiger partial charge in [0, 0.05) is 13.2 Å². The Balaban J connectivity index is 2.73. The summed E-state index contributed by atoms with van der Waals surface area (Å²) in [5.41, 5.74) is -0.556. The van der Waals surface area contributed by atoms with Gasteiger partial charge in [0.2, 0.25) is 5.91 Å². The van der Waals surface area contributed by atoms with Gasteiger partial charge in [0.05, 0.1) is 18.1 Å². The van der Waals surface area contributed by atoms with Gasteiger partial charge in [-0.1, -0.05) is 34.6 Å². The lowest BCUT2D eigenvalue weighted by atomic mass is 9.85. The minimum Gasteiger partial charge on any atom is -0.377 e.